The molecule has 1 fully saturated rings. The van der Waals surface area contributed by atoms with Crippen molar-refractivity contribution < 1.29 is 9.66 Å². The summed E-state index contributed by atoms with van der Waals surface area (Å²) >= 11 is 0. The van der Waals surface area contributed by atoms with Gasteiger partial charge in [-0.15, -0.1) is 0 Å². The Kier molecular flexibility index (Phi) is 3.75. The molecule has 0 amide bonds. The minimum absolute atomic E-state index is 0.0696. The Morgan fingerprint density at radius 3 is 2.89 bits per heavy atom. The van der Waals surface area contributed by atoms with E-state index < -0.39 is 4.92 Å². The monoisotopic (exact) mass is 264 g/mol. The first kappa shape index (κ1) is 13.8. The fourth-order valence-electron chi connectivity index (χ4n) is 2.76. The second kappa shape index (κ2) is 5.17. The summed E-state index contributed by atoms with van der Waals surface area (Å²) in [4.78, 5) is 10.3. The van der Waals surface area contributed by atoms with E-state index in [0.717, 1.165) is 12.8 Å². The van der Waals surface area contributed by atoms with Gasteiger partial charge in [-0.2, -0.15) is 0 Å². The Hall–Kier alpha value is -1.62. The molecule has 3 atom stereocenters. The molecular weight excluding hydrogens is 244 g/mol. The summed E-state index contributed by atoms with van der Waals surface area (Å²) in [5.41, 5.74) is 0.152. The Bertz CT molecular complexity index is 478. The van der Waals surface area contributed by atoms with Crippen LogP contribution in [-0.2, 0) is 0 Å². The fourth-order valence-corrected chi connectivity index (χ4v) is 2.76. The number of nitrogens with zero attached hydrogens (tertiary/aromatic N) is 1. The van der Waals surface area contributed by atoms with Gasteiger partial charge in [0.2, 0.25) is 0 Å². The van der Waals surface area contributed by atoms with Crippen LogP contribution in [0.15, 0.2) is 24.3 Å². The van der Waals surface area contributed by atoms with E-state index in [-0.39, 0.29) is 17.2 Å². The summed E-state index contributed by atoms with van der Waals surface area (Å²) in [5.74, 6) is 0.577. The van der Waals surface area contributed by atoms with Gasteiger partial charge in [0.25, 0.3) is 5.69 Å². The van der Waals surface area contributed by atoms with E-state index in [2.05, 4.69) is 19.2 Å². The quantitative estimate of drug-likeness (QED) is 0.656. The highest BCUT2D eigenvalue weighted by Gasteiger charge is 2.51. The van der Waals surface area contributed by atoms with Gasteiger partial charge in [-0.3, -0.25) is 10.1 Å². The number of nitro benzene ring substituents is 1. The first-order valence-corrected chi connectivity index (χ1v) is 6.59. The maximum atomic E-state index is 10.7. The average Bonchev–Trinajstić information content (AvgIpc) is 2.42. The summed E-state index contributed by atoms with van der Waals surface area (Å²) in [6.45, 7) is 4.34. The van der Waals surface area contributed by atoms with Crippen LogP contribution in [-0.4, -0.2) is 24.1 Å². The summed E-state index contributed by atoms with van der Waals surface area (Å²) in [7, 11) is 1.96. The van der Waals surface area contributed by atoms with E-state index in [4.69, 9.17) is 4.74 Å². The number of hydrogen-bond acceptors (Lipinski definition) is 4. The zero-order valence-corrected chi connectivity index (χ0v) is 11.6. The third kappa shape index (κ3) is 2.42. The first-order chi connectivity index (χ1) is 9.01. The van der Waals surface area contributed by atoms with Gasteiger partial charge in [-0.1, -0.05) is 19.9 Å². The molecule has 0 radical (unpaired) electrons. The molecule has 0 bridgehead atoms. The molecule has 1 aromatic rings. The van der Waals surface area contributed by atoms with Crippen LogP contribution in [0.1, 0.15) is 26.7 Å². The van der Waals surface area contributed by atoms with Crippen LogP contribution in [0.5, 0.6) is 5.75 Å². The summed E-state index contributed by atoms with van der Waals surface area (Å²) in [5, 5.41) is 14.0. The van der Waals surface area contributed by atoms with E-state index in [9.17, 15) is 10.1 Å². The molecule has 104 valence electrons. The Labute approximate surface area is 113 Å². The second-order valence-electron chi connectivity index (χ2n) is 5.30. The van der Waals surface area contributed by atoms with E-state index in [1.165, 1.54) is 12.1 Å². The fraction of sp³-hybridized carbons (Fsp3) is 0.571. The van der Waals surface area contributed by atoms with Crippen LogP contribution in [0, 0.1) is 15.5 Å². The lowest BCUT2D eigenvalue weighted by Gasteiger charge is -2.53. The number of hydrogen-bond donors (Lipinski definition) is 1. The summed E-state index contributed by atoms with van der Waals surface area (Å²) < 4.78 is 5.94. The van der Waals surface area contributed by atoms with Gasteiger partial charge in [-0.05, 0) is 19.5 Å². The molecule has 0 aliphatic heterocycles. The molecule has 1 aliphatic carbocycles. The lowest BCUT2D eigenvalue weighted by atomic mass is 9.61. The van der Waals surface area contributed by atoms with E-state index in [1.54, 1.807) is 12.1 Å². The van der Waals surface area contributed by atoms with Gasteiger partial charge in [-0.25, -0.2) is 0 Å². The highest BCUT2D eigenvalue weighted by molar-refractivity contribution is 5.38. The molecule has 0 heterocycles. The highest BCUT2D eigenvalue weighted by Crippen LogP contribution is 2.46. The Morgan fingerprint density at radius 2 is 2.32 bits per heavy atom. The minimum atomic E-state index is -0.400. The standard InChI is InChI=1S/C14H20N2O3/c1-4-14(2)12(15-3)9-13(14)19-11-7-5-6-10(8-11)16(17)18/h5-8,12-13,15H,4,9H2,1-3H3. The molecule has 1 aliphatic rings. The lowest BCUT2D eigenvalue weighted by Crippen LogP contribution is -2.62. The maximum absolute atomic E-state index is 10.7. The zero-order valence-electron chi connectivity index (χ0n) is 11.6. The van der Waals surface area contributed by atoms with E-state index in [0.29, 0.717) is 11.8 Å². The number of nitro groups is 1. The third-order valence-electron chi connectivity index (χ3n) is 4.40. The van der Waals surface area contributed by atoms with Gasteiger partial charge >= 0.3 is 0 Å². The molecule has 5 nitrogen and oxygen atoms in total. The number of rotatable bonds is 5. The summed E-state index contributed by atoms with van der Waals surface area (Å²) in [6, 6.07) is 6.84. The molecule has 3 unspecified atom stereocenters. The predicted molar refractivity (Wildman–Crippen MR) is 73.4 cm³/mol. The van der Waals surface area contributed by atoms with Crippen LogP contribution < -0.4 is 10.1 Å². The Morgan fingerprint density at radius 1 is 1.58 bits per heavy atom. The SMILES string of the molecule is CCC1(C)C(NC)CC1Oc1cccc([N+](=O)[O-])c1. The van der Waals surface area contributed by atoms with Gasteiger partial charge in [0.15, 0.2) is 0 Å². The van der Waals surface area contributed by atoms with Crippen molar-refractivity contribution in [3.8, 4) is 5.75 Å². The van der Waals surface area contributed by atoms with Crippen molar-refractivity contribution in [2.75, 3.05) is 7.05 Å². The molecule has 0 aromatic heterocycles. The van der Waals surface area contributed by atoms with Crippen LogP contribution in [0.2, 0.25) is 0 Å². The van der Waals surface area contributed by atoms with Crippen molar-refractivity contribution in [1.82, 2.24) is 5.32 Å². The van der Waals surface area contributed by atoms with Gasteiger partial charge in [0.1, 0.15) is 11.9 Å². The van der Waals surface area contributed by atoms with E-state index >= 15 is 0 Å². The van der Waals surface area contributed by atoms with Gasteiger partial charge < -0.3 is 10.1 Å². The summed E-state index contributed by atoms with van der Waals surface area (Å²) in [6.07, 6.45) is 2.05. The molecule has 1 aromatic carbocycles. The third-order valence-corrected chi connectivity index (χ3v) is 4.40. The number of benzene rings is 1. The molecule has 0 saturated heterocycles. The van der Waals surface area contributed by atoms with Gasteiger partial charge in [0.05, 0.1) is 11.0 Å². The predicted octanol–water partition coefficient (Wildman–Crippen LogP) is 2.75. The van der Waals surface area contributed by atoms with Crippen molar-refractivity contribution in [3.63, 3.8) is 0 Å². The zero-order chi connectivity index (χ0) is 14.0. The van der Waals surface area contributed by atoms with Crippen molar-refractivity contribution in [2.45, 2.75) is 38.8 Å². The molecule has 0 spiro atoms. The highest BCUT2D eigenvalue weighted by atomic mass is 16.6. The van der Waals surface area contributed by atoms with Gasteiger partial charge in [0, 0.05) is 23.9 Å². The molecule has 2 rings (SSSR count). The van der Waals surface area contributed by atoms with Crippen LogP contribution in [0.4, 0.5) is 5.69 Å². The smallest absolute Gasteiger partial charge is 0.273 e. The van der Waals surface area contributed by atoms with Crippen LogP contribution in [0.3, 0.4) is 0 Å². The van der Waals surface area contributed by atoms with Crippen LogP contribution >= 0.6 is 0 Å². The normalized spacial score (nSPS) is 29.6. The first-order valence-electron chi connectivity index (χ1n) is 6.59. The van der Waals surface area contributed by atoms with Crippen LogP contribution in [0.25, 0.3) is 0 Å². The van der Waals surface area contributed by atoms with Crippen molar-refractivity contribution in [3.05, 3.63) is 34.4 Å². The number of ether oxygens (including phenoxy) is 1. The second-order valence-corrected chi connectivity index (χ2v) is 5.30. The number of non-ortho nitro benzene ring substituents is 1. The Balaban J connectivity index is 2.10. The van der Waals surface area contributed by atoms with Crippen molar-refractivity contribution >= 4 is 5.69 Å². The maximum Gasteiger partial charge on any atom is 0.273 e. The minimum Gasteiger partial charge on any atom is -0.489 e. The topological polar surface area (TPSA) is 64.4 Å². The van der Waals surface area contributed by atoms with E-state index in [1.807, 2.05) is 7.05 Å². The molecule has 1 N–H and O–H groups in total. The molecular formula is C14H20N2O3. The number of nitrogens with one attached hydrogen (secondary N) is 1. The molecule has 1 saturated carbocycles. The van der Waals surface area contributed by atoms with Crippen molar-refractivity contribution in [2.24, 2.45) is 5.41 Å². The largest absolute Gasteiger partial charge is 0.489 e. The van der Waals surface area contributed by atoms with Crippen molar-refractivity contribution in [1.29, 1.82) is 0 Å². The average molecular weight is 264 g/mol. The molecule has 5 heteroatoms. The lowest BCUT2D eigenvalue weighted by molar-refractivity contribution is -0.385. The molecule has 19 heavy (non-hydrogen) atoms.